The third kappa shape index (κ3) is 1.91. The van der Waals surface area contributed by atoms with Crippen LogP contribution in [-0.4, -0.2) is 11.5 Å². The third-order valence-corrected chi connectivity index (χ3v) is 5.22. The van der Waals surface area contributed by atoms with Gasteiger partial charge < -0.3 is 10.1 Å². The van der Waals surface area contributed by atoms with Crippen LogP contribution < -0.4 is 10.1 Å². The zero-order chi connectivity index (χ0) is 13.7. The second kappa shape index (κ2) is 4.24. The van der Waals surface area contributed by atoms with Crippen molar-refractivity contribution >= 4 is 5.91 Å². The lowest BCUT2D eigenvalue weighted by Crippen LogP contribution is -2.50. The highest BCUT2D eigenvalue weighted by atomic mass is 16.5. The number of para-hydroxylation sites is 1. The van der Waals surface area contributed by atoms with E-state index in [0.29, 0.717) is 5.92 Å². The van der Waals surface area contributed by atoms with E-state index < -0.39 is 0 Å². The van der Waals surface area contributed by atoms with Gasteiger partial charge in [0.15, 0.2) is 0 Å². The molecule has 3 heteroatoms. The monoisotopic (exact) mass is 271 g/mol. The Morgan fingerprint density at radius 1 is 1.35 bits per heavy atom. The van der Waals surface area contributed by atoms with Crippen molar-refractivity contribution in [3.8, 4) is 5.75 Å². The molecule has 1 spiro atoms. The van der Waals surface area contributed by atoms with E-state index in [-0.39, 0.29) is 23.5 Å². The molecule has 1 aliphatic heterocycles. The van der Waals surface area contributed by atoms with Gasteiger partial charge in [-0.25, -0.2) is 0 Å². The van der Waals surface area contributed by atoms with E-state index in [1.54, 1.807) is 0 Å². The van der Waals surface area contributed by atoms with Crippen LogP contribution in [-0.2, 0) is 4.79 Å². The minimum Gasteiger partial charge on any atom is -0.487 e. The summed E-state index contributed by atoms with van der Waals surface area (Å²) in [6, 6.07) is 8.29. The average Bonchev–Trinajstić information content (AvgIpc) is 3.14. The Balaban J connectivity index is 1.59. The van der Waals surface area contributed by atoms with Crippen LogP contribution in [0, 0.1) is 11.8 Å². The van der Waals surface area contributed by atoms with E-state index in [0.717, 1.165) is 37.0 Å². The van der Waals surface area contributed by atoms with Crippen molar-refractivity contribution < 1.29 is 9.53 Å². The normalized spacial score (nSPS) is 32.8. The molecule has 3 atom stereocenters. The van der Waals surface area contributed by atoms with Gasteiger partial charge in [0.2, 0.25) is 5.91 Å². The molecule has 1 aromatic carbocycles. The number of nitrogens with one attached hydrogen (secondary N) is 1. The zero-order valence-electron chi connectivity index (χ0n) is 11.9. The number of fused-ring (bicyclic) bond motifs is 1. The maximum absolute atomic E-state index is 12.3. The van der Waals surface area contributed by atoms with E-state index in [2.05, 4.69) is 18.3 Å². The van der Waals surface area contributed by atoms with Crippen molar-refractivity contribution in [2.45, 2.75) is 50.7 Å². The van der Waals surface area contributed by atoms with Crippen molar-refractivity contribution in [1.82, 2.24) is 5.32 Å². The molecule has 4 rings (SSSR count). The molecule has 1 N–H and O–H groups in total. The molecule has 20 heavy (non-hydrogen) atoms. The first kappa shape index (κ1) is 12.2. The summed E-state index contributed by atoms with van der Waals surface area (Å²) in [4.78, 5) is 12.3. The summed E-state index contributed by atoms with van der Waals surface area (Å²) in [7, 11) is 0. The minimum absolute atomic E-state index is 0.0124. The van der Waals surface area contributed by atoms with Gasteiger partial charge in [-0.2, -0.15) is 0 Å². The number of hydrogen-bond donors (Lipinski definition) is 1. The van der Waals surface area contributed by atoms with E-state index in [9.17, 15) is 4.79 Å². The maximum atomic E-state index is 12.3. The standard InChI is InChI=1S/C17H21NO2/c1-11-9-13(11)16(19)18-14-10-17(7-4-8-17)20-15-6-3-2-5-12(14)15/h2-3,5-6,11,13-14H,4,7-10H2,1H3,(H,18,19). The van der Waals surface area contributed by atoms with Crippen LogP contribution in [0.1, 0.15) is 50.6 Å². The summed E-state index contributed by atoms with van der Waals surface area (Å²) in [6.45, 7) is 2.15. The Bertz CT molecular complexity index is 550. The van der Waals surface area contributed by atoms with Gasteiger partial charge in [-0.15, -0.1) is 0 Å². The van der Waals surface area contributed by atoms with Crippen LogP contribution >= 0.6 is 0 Å². The first-order chi connectivity index (χ1) is 9.67. The highest BCUT2D eigenvalue weighted by Crippen LogP contribution is 2.49. The SMILES string of the molecule is CC1CC1C(=O)NC1CC2(CCC2)Oc2ccccc21. The number of carbonyl (C=O) groups excluding carboxylic acids is 1. The molecule has 0 bridgehead atoms. The summed E-state index contributed by atoms with van der Waals surface area (Å²) in [5.74, 6) is 1.99. The van der Waals surface area contributed by atoms with Gasteiger partial charge in [0.05, 0.1) is 6.04 Å². The Morgan fingerprint density at radius 2 is 2.10 bits per heavy atom. The largest absolute Gasteiger partial charge is 0.487 e. The molecule has 1 heterocycles. The van der Waals surface area contributed by atoms with Gasteiger partial charge in [-0.1, -0.05) is 25.1 Å². The molecule has 3 unspecified atom stereocenters. The first-order valence-electron chi connectivity index (χ1n) is 7.75. The second-order valence-electron chi connectivity index (χ2n) is 6.76. The van der Waals surface area contributed by atoms with Gasteiger partial charge in [0, 0.05) is 17.9 Å². The van der Waals surface area contributed by atoms with Crippen LogP contribution in [0.4, 0.5) is 0 Å². The number of ether oxygens (including phenoxy) is 1. The maximum Gasteiger partial charge on any atom is 0.223 e. The number of carbonyl (C=O) groups is 1. The third-order valence-electron chi connectivity index (χ3n) is 5.22. The highest BCUT2D eigenvalue weighted by molar-refractivity contribution is 5.82. The van der Waals surface area contributed by atoms with Crippen molar-refractivity contribution in [1.29, 1.82) is 0 Å². The lowest BCUT2D eigenvalue weighted by Gasteiger charge is -2.48. The Hall–Kier alpha value is -1.51. The fourth-order valence-electron chi connectivity index (χ4n) is 3.59. The van der Waals surface area contributed by atoms with Crippen LogP contribution in [0.25, 0.3) is 0 Å². The summed E-state index contributed by atoms with van der Waals surface area (Å²) < 4.78 is 6.21. The molecule has 0 radical (unpaired) electrons. The summed E-state index contributed by atoms with van der Waals surface area (Å²) >= 11 is 0. The summed E-state index contributed by atoms with van der Waals surface area (Å²) in [5, 5.41) is 3.27. The van der Waals surface area contributed by atoms with Crippen LogP contribution in [0.5, 0.6) is 5.75 Å². The van der Waals surface area contributed by atoms with E-state index >= 15 is 0 Å². The molecular weight excluding hydrogens is 250 g/mol. The second-order valence-corrected chi connectivity index (χ2v) is 6.76. The van der Waals surface area contributed by atoms with Crippen molar-refractivity contribution in [2.75, 3.05) is 0 Å². The van der Waals surface area contributed by atoms with Crippen molar-refractivity contribution in [2.24, 2.45) is 11.8 Å². The molecule has 2 aliphatic carbocycles. The quantitative estimate of drug-likeness (QED) is 0.897. The molecule has 3 nitrogen and oxygen atoms in total. The predicted octanol–water partition coefficient (Wildman–Crippen LogP) is 3.21. The van der Waals surface area contributed by atoms with Gasteiger partial charge >= 0.3 is 0 Å². The summed E-state index contributed by atoms with van der Waals surface area (Å²) in [6.07, 6.45) is 5.45. The Kier molecular flexibility index (Phi) is 2.60. The molecule has 1 aromatic rings. The topological polar surface area (TPSA) is 38.3 Å². The smallest absolute Gasteiger partial charge is 0.223 e. The van der Waals surface area contributed by atoms with E-state index in [1.165, 1.54) is 6.42 Å². The molecule has 0 aromatic heterocycles. The van der Waals surface area contributed by atoms with Crippen LogP contribution in [0.3, 0.4) is 0 Å². The van der Waals surface area contributed by atoms with Gasteiger partial charge in [-0.05, 0) is 37.7 Å². The van der Waals surface area contributed by atoms with Crippen LogP contribution in [0.2, 0.25) is 0 Å². The Morgan fingerprint density at radius 3 is 2.75 bits per heavy atom. The molecule has 2 fully saturated rings. The molecule has 0 saturated heterocycles. The number of amides is 1. The molecule has 1 amide bonds. The number of rotatable bonds is 2. The number of benzene rings is 1. The lowest BCUT2D eigenvalue weighted by atomic mass is 9.73. The molecular formula is C17H21NO2. The van der Waals surface area contributed by atoms with E-state index in [4.69, 9.17) is 4.74 Å². The lowest BCUT2D eigenvalue weighted by molar-refractivity contribution is -0.124. The first-order valence-corrected chi connectivity index (χ1v) is 7.75. The summed E-state index contributed by atoms with van der Waals surface area (Å²) in [5.41, 5.74) is 1.13. The van der Waals surface area contributed by atoms with Crippen molar-refractivity contribution in [3.05, 3.63) is 29.8 Å². The fraction of sp³-hybridized carbons (Fsp3) is 0.588. The number of hydrogen-bond acceptors (Lipinski definition) is 2. The van der Waals surface area contributed by atoms with Gasteiger partial charge in [-0.3, -0.25) is 4.79 Å². The Labute approximate surface area is 119 Å². The van der Waals surface area contributed by atoms with E-state index in [1.807, 2.05) is 18.2 Å². The fourth-order valence-corrected chi connectivity index (χ4v) is 3.59. The molecule has 3 aliphatic rings. The van der Waals surface area contributed by atoms with Gasteiger partial charge in [0.1, 0.15) is 11.4 Å². The average molecular weight is 271 g/mol. The van der Waals surface area contributed by atoms with Crippen molar-refractivity contribution in [3.63, 3.8) is 0 Å². The van der Waals surface area contributed by atoms with Gasteiger partial charge in [0.25, 0.3) is 0 Å². The predicted molar refractivity (Wildman–Crippen MR) is 76.4 cm³/mol. The molecule has 106 valence electrons. The van der Waals surface area contributed by atoms with Crippen LogP contribution in [0.15, 0.2) is 24.3 Å². The highest BCUT2D eigenvalue weighted by Gasteiger charge is 2.47. The zero-order valence-corrected chi connectivity index (χ0v) is 11.9. The minimum atomic E-state index is -0.0124. The molecule has 2 saturated carbocycles.